The number of aliphatic hydroxyl groups is 1. The van der Waals surface area contributed by atoms with Crippen molar-refractivity contribution in [3.63, 3.8) is 0 Å². The molecule has 0 radical (unpaired) electrons. The fourth-order valence-corrected chi connectivity index (χ4v) is 4.32. The molecular weight excluding hydrogens is 478 g/mol. The minimum atomic E-state index is -0.775. The smallest absolute Gasteiger partial charge is 0.344 e. The Morgan fingerprint density at radius 1 is 1.03 bits per heavy atom. The number of ether oxygens (including phenoxy) is 3. The van der Waals surface area contributed by atoms with Gasteiger partial charge >= 0.3 is 5.97 Å². The Kier molecular flexibility index (Phi) is 8.79. The number of esters is 1. The lowest BCUT2D eigenvalue weighted by atomic mass is 10.1. The summed E-state index contributed by atoms with van der Waals surface area (Å²) in [4.78, 5) is 29.7. The van der Waals surface area contributed by atoms with Crippen LogP contribution in [0.4, 0.5) is 0 Å². The van der Waals surface area contributed by atoms with Crippen molar-refractivity contribution in [3.05, 3.63) is 74.9 Å². The molecule has 1 aliphatic rings. The van der Waals surface area contributed by atoms with E-state index in [0.29, 0.717) is 35.2 Å². The molecule has 0 aromatic heterocycles. The van der Waals surface area contributed by atoms with E-state index in [-0.39, 0.29) is 33.6 Å². The number of benzene rings is 2. The van der Waals surface area contributed by atoms with Crippen LogP contribution >= 0.6 is 23.4 Å². The average Bonchev–Trinajstić information content (AvgIpc) is 3.10. The van der Waals surface area contributed by atoms with Crippen molar-refractivity contribution >= 4 is 46.4 Å². The third kappa shape index (κ3) is 5.81. The molecule has 0 aliphatic carbocycles. The molecule has 0 saturated heterocycles. The van der Waals surface area contributed by atoms with Crippen molar-refractivity contribution in [1.29, 1.82) is 0 Å². The quantitative estimate of drug-likeness (QED) is 0.454. The zero-order valence-corrected chi connectivity index (χ0v) is 20.5. The van der Waals surface area contributed by atoms with E-state index in [1.165, 1.54) is 6.07 Å². The third-order valence-electron chi connectivity index (χ3n) is 4.54. The lowest BCUT2D eigenvalue weighted by Gasteiger charge is -2.11. The van der Waals surface area contributed by atoms with Crippen LogP contribution in [0.1, 0.15) is 36.7 Å². The van der Waals surface area contributed by atoms with Crippen LogP contribution < -0.4 is 9.47 Å². The first-order chi connectivity index (χ1) is 16.4. The molecule has 1 amide bonds. The summed E-state index contributed by atoms with van der Waals surface area (Å²) >= 11 is 7.10. The van der Waals surface area contributed by atoms with Crippen molar-refractivity contribution in [2.75, 3.05) is 19.8 Å². The predicted octanol–water partition coefficient (Wildman–Crippen LogP) is 5.84. The van der Waals surface area contributed by atoms with Crippen molar-refractivity contribution < 1.29 is 28.9 Å². The monoisotopic (exact) mass is 501 g/mol. The van der Waals surface area contributed by atoms with Gasteiger partial charge in [0.1, 0.15) is 16.4 Å². The van der Waals surface area contributed by atoms with E-state index in [1.54, 1.807) is 49.4 Å². The van der Waals surface area contributed by atoms with Crippen LogP contribution in [0.2, 0.25) is 5.02 Å². The molecule has 7 nitrogen and oxygen atoms in total. The minimum absolute atomic E-state index is 0.0306. The third-order valence-corrected chi connectivity index (χ3v) is 5.89. The number of aliphatic hydroxyl groups excluding tert-OH is 1. The first-order valence-electron chi connectivity index (χ1n) is 10.7. The van der Waals surface area contributed by atoms with Gasteiger partial charge < -0.3 is 19.3 Å². The number of hydrogen-bond acceptors (Lipinski definition) is 7. The van der Waals surface area contributed by atoms with E-state index >= 15 is 0 Å². The second-order valence-electron chi connectivity index (χ2n) is 6.83. The number of halogens is 1. The van der Waals surface area contributed by atoms with Gasteiger partial charge in [-0.2, -0.15) is 0 Å². The Labute approximate surface area is 207 Å². The van der Waals surface area contributed by atoms with Gasteiger partial charge in [0.2, 0.25) is 0 Å². The molecule has 0 atom stereocenters. The Bertz CT molecular complexity index is 1190. The van der Waals surface area contributed by atoms with E-state index in [9.17, 15) is 14.7 Å². The molecule has 0 unspecified atom stereocenters. The van der Waals surface area contributed by atoms with Gasteiger partial charge in [-0.3, -0.25) is 4.79 Å². The molecule has 1 N–H and O–H groups in total. The summed E-state index contributed by atoms with van der Waals surface area (Å²) in [5.74, 6) is -0.573. The second-order valence-corrected chi connectivity index (χ2v) is 8.27. The standard InChI is InChI=1S/C25H24ClNO6S/c1-4-31-18-12-11-15(13-19(18)32-5-2)14-20-22(28)21(25(30)33-6-3)24(34-20)27-23(29)16-9-7-8-10-17(16)26/h7-14,28H,4-6H2,1-3H3/b20-14-,27-24?. The molecule has 0 spiro atoms. The molecule has 1 heterocycles. The number of carbonyl (C=O) groups excluding carboxylic acids is 2. The molecule has 34 heavy (non-hydrogen) atoms. The topological polar surface area (TPSA) is 94.4 Å². The van der Waals surface area contributed by atoms with Gasteiger partial charge in [-0.25, -0.2) is 9.79 Å². The Morgan fingerprint density at radius 2 is 1.74 bits per heavy atom. The number of thioether (sulfide) groups is 1. The summed E-state index contributed by atoms with van der Waals surface area (Å²) in [6.07, 6.45) is 1.67. The van der Waals surface area contributed by atoms with Crippen molar-refractivity contribution in [2.45, 2.75) is 20.8 Å². The van der Waals surface area contributed by atoms with Crippen LogP contribution in [0, 0.1) is 0 Å². The molecule has 2 aromatic rings. The summed E-state index contributed by atoms with van der Waals surface area (Å²) in [5.41, 5.74) is 0.711. The second kappa shape index (κ2) is 11.8. The number of aliphatic imine (C=N–C) groups is 1. The zero-order valence-electron chi connectivity index (χ0n) is 19.0. The highest BCUT2D eigenvalue weighted by molar-refractivity contribution is 8.18. The summed E-state index contributed by atoms with van der Waals surface area (Å²) in [6.45, 7) is 6.44. The van der Waals surface area contributed by atoms with Gasteiger partial charge in [-0.15, -0.1) is 0 Å². The Balaban J connectivity index is 2.02. The molecule has 2 aromatic carbocycles. The largest absolute Gasteiger partial charge is 0.506 e. The summed E-state index contributed by atoms with van der Waals surface area (Å²) in [6, 6.07) is 11.8. The fourth-order valence-electron chi connectivity index (χ4n) is 3.09. The summed E-state index contributed by atoms with van der Waals surface area (Å²) < 4.78 is 16.3. The summed E-state index contributed by atoms with van der Waals surface area (Å²) in [5, 5.41) is 11.1. The van der Waals surface area contributed by atoms with E-state index in [1.807, 2.05) is 13.8 Å². The van der Waals surface area contributed by atoms with Crippen LogP contribution in [0.25, 0.3) is 6.08 Å². The molecule has 0 fully saturated rings. The minimum Gasteiger partial charge on any atom is -0.506 e. The highest BCUT2D eigenvalue weighted by Gasteiger charge is 2.34. The molecule has 0 saturated carbocycles. The van der Waals surface area contributed by atoms with Gasteiger partial charge in [-0.05, 0) is 56.7 Å². The van der Waals surface area contributed by atoms with E-state index in [0.717, 1.165) is 11.8 Å². The normalized spacial score (nSPS) is 15.6. The van der Waals surface area contributed by atoms with Crippen LogP contribution in [-0.4, -0.2) is 41.8 Å². The van der Waals surface area contributed by atoms with Crippen LogP contribution in [-0.2, 0) is 9.53 Å². The Morgan fingerprint density at radius 3 is 2.41 bits per heavy atom. The fraction of sp³-hybridized carbons (Fsp3) is 0.240. The zero-order chi connectivity index (χ0) is 24.7. The maximum atomic E-state index is 12.7. The number of rotatable bonds is 8. The number of nitrogens with zero attached hydrogens (tertiary/aromatic N) is 1. The lowest BCUT2D eigenvalue weighted by Crippen LogP contribution is -2.14. The van der Waals surface area contributed by atoms with Crippen molar-refractivity contribution in [3.8, 4) is 11.5 Å². The van der Waals surface area contributed by atoms with E-state index < -0.39 is 11.9 Å². The lowest BCUT2D eigenvalue weighted by molar-refractivity contribution is -0.138. The maximum absolute atomic E-state index is 12.7. The van der Waals surface area contributed by atoms with Crippen LogP contribution in [0.3, 0.4) is 0 Å². The molecule has 178 valence electrons. The van der Waals surface area contributed by atoms with Crippen LogP contribution in [0.5, 0.6) is 11.5 Å². The maximum Gasteiger partial charge on any atom is 0.344 e. The first kappa shape index (κ1) is 25.4. The van der Waals surface area contributed by atoms with Crippen molar-refractivity contribution in [2.24, 2.45) is 4.99 Å². The first-order valence-corrected chi connectivity index (χ1v) is 11.9. The van der Waals surface area contributed by atoms with Gasteiger partial charge in [-0.1, -0.05) is 41.6 Å². The van der Waals surface area contributed by atoms with Gasteiger partial charge in [0.25, 0.3) is 5.91 Å². The highest BCUT2D eigenvalue weighted by atomic mass is 35.5. The van der Waals surface area contributed by atoms with E-state index in [2.05, 4.69) is 4.99 Å². The van der Waals surface area contributed by atoms with Crippen molar-refractivity contribution in [1.82, 2.24) is 0 Å². The van der Waals surface area contributed by atoms with E-state index in [4.69, 9.17) is 25.8 Å². The molecular formula is C25H24ClNO6S. The van der Waals surface area contributed by atoms with Gasteiger partial charge in [0, 0.05) is 0 Å². The number of carbonyl (C=O) groups is 2. The molecule has 3 rings (SSSR count). The van der Waals surface area contributed by atoms with Gasteiger partial charge in [0.05, 0.1) is 35.3 Å². The highest BCUT2D eigenvalue weighted by Crippen LogP contribution is 2.40. The molecule has 1 aliphatic heterocycles. The summed E-state index contributed by atoms with van der Waals surface area (Å²) in [7, 11) is 0. The molecule has 0 bridgehead atoms. The van der Waals surface area contributed by atoms with Crippen LogP contribution in [0.15, 0.2) is 63.7 Å². The van der Waals surface area contributed by atoms with Gasteiger partial charge in [0.15, 0.2) is 11.5 Å². The SMILES string of the molecule is CCOC(=O)C1=C(O)/C(=C/c2ccc(OCC)c(OCC)c2)SC1=NC(=O)c1ccccc1Cl. The number of hydrogen-bond donors (Lipinski definition) is 1. The number of amides is 1. The molecule has 9 heteroatoms. The average molecular weight is 502 g/mol. The Hall–Kier alpha value is -3.23. The predicted molar refractivity (Wildman–Crippen MR) is 134 cm³/mol.